The van der Waals surface area contributed by atoms with Gasteiger partial charge in [-0.3, -0.25) is 14.4 Å². The minimum absolute atomic E-state index is 0.0109. The second-order valence-electron chi connectivity index (χ2n) is 9.39. The first-order chi connectivity index (χ1) is 16.9. The number of methoxy groups -OCH3 is 1. The van der Waals surface area contributed by atoms with Gasteiger partial charge in [0, 0.05) is 35.7 Å². The van der Waals surface area contributed by atoms with Gasteiger partial charge in [-0.25, -0.2) is 0 Å². The zero-order valence-electron chi connectivity index (χ0n) is 20.2. The van der Waals surface area contributed by atoms with E-state index in [0.717, 1.165) is 25.7 Å². The predicted octanol–water partition coefficient (Wildman–Crippen LogP) is 1.70. The fourth-order valence-corrected chi connectivity index (χ4v) is 5.67. The number of carbonyl (C=O) groups is 3. The van der Waals surface area contributed by atoms with Crippen LogP contribution >= 0.6 is 0 Å². The summed E-state index contributed by atoms with van der Waals surface area (Å²) in [6.07, 6.45) is 5.20. The van der Waals surface area contributed by atoms with E-state index in [1.54, 1.807) is 23.1 Å². The van der Waals surface area contributed by atoms with Crippen LogP contribution in [0.2, 0.25) is 0 Å². The van der Waals surface area contributed by atoms with Crippen molar-refractivity contribution in [1.29, 1.82) is 0 Å². The molecular formula is C26H34N2O7. The Morgan fingerprint density at radius 2 is 2.03 bits per heavy atom. The lowest BCUT2D eigenvalue weighted by molar-refractivity contribution is -0.140. The van der Waals surface area contributed by atoms with Crippen molar-refractivity contribution in [2.45, 2.75) is 75.7 Å². The molecule has 9 nitrogen and oxygen atoms in total. The van der Waals surface area contributed by atoms with Crippen molar-refractivity contribution in [3.63, 3.8) is 0 Å². The smallest absolute Gasteiger partial charge is 0.247 e. The van der Waals surface area contributed by atoms with E-state index in [-0.39, 0.29) is 25.1 Å². The Kier molecular flexibility index (Phi) is 7.76. The molecule has 1 heterocycles. The van der Waals surface area contributed by atoms with Crippen LogP contribution < -0.4 is 14.8 Å². The van der Waals surface area contributed by atoms with Gasteiger partial charge in [0.05, 0.1) is 25.7 Å². The highest BCUT2D eigenvalue weighted by Gasteiger charge is 2.52. The van der Waals surface area contributed by atoms with Crippen LogP contribution in [0.5, 0.6) is 11.5 Å². The molecule has 35 heavy (non-hydrogen) atoms. The molecular weight excluding hydrogens is 452 g/mol. The van der Waals surface area contributed by atoms with Gasteiger partial charge in [0.1, 0.15) is 18.5 Å². The van der Waals surface area contributed by atoms with Gasteiger partial charge in [-0.15, -0.1) is 0 Å². The standard InChI is InChI=1S/C26H34N2O7/c1-3-6-21(31)28(16-7-4-5-8-16)19-13-18(26(33)27-9-10-29)22-17-11-15(14-30)12-20(34-2)24(17)35-25(22)23(19)32/h11-14,16,19,22-23,25,29,32H,3-10H2,1-2H3,(H,27,33). The summed E-state index contributed by atoms with van der Waals surface area (Å²) in [6, 6.07) is 2.45. The van der Waals surface area contributed by atoms with Crippen LogP contribution in [0.15, 0.2) is 23.8 Å². The molecule has 0 bridgehead atoms. The van der Waals surface area contributed by atoms with Crippen LogP contribution in [0.25, 0.3) is 0 Å². The molecule has 1 aromatic carbocycles. The highest BCUT2D eigenvalue weighted by molar-refractivity contribution is 5.96. The van der Waals surface area contributed by atoms with Crippen LogP contribution in [0, 0.1) is 0 Å². The zero-order chi connectivity index (χ0) is 25.1. The number of hydrogen-bond donors (Lipinski definition) is 3. The van der Waals surface area contributed by atoms with Gasteiger partial charge >= 0.3 is 0 Å². The normalized spacial score (nSPS) is 25.2. The van der Waals surface area contributed by atoms with Gasteiger partial charge in [-0.05, 0) is 37.5 Å². The van der Waals surface area contributed by atoms with Gasteiger partial charge < -0.3 is 29.9 Å². The van der Waals surface area contributed by atoms with Gasteiger partial charge in [0.25, 0.3) is 0 Å². The number of rotatable bonds is 9. The van der Waals surface area contributed by atoms with Gasteiger partial charge in [0.15, 0.2) is 11.5 Å². The highest BCUT2D eigenvalue weighted by atomic mass is 16.5. The van der Waals surface area contributed by atoms with Crippen molar-refractivity contribution < 1.29 is 34.1 Å². The molecule has 3 aliphatic rings. The van der Waals surface area contributed by atoms with E-state index in [9.17, 15) is 24.6 Å². The van der Waals surface area contributed by atoms with Crippen molar-refractivity contribution in [2.24, 2.45) is 0 Å². The van der Waals surface area contributed by atoms with Gasteiger partial charge in [0.2, 0.25) is 11.8 Å². The van der Waals surface area contributed by atoms with E-state index in [2.05, 4.69) is 5.32 Å². The third-order valence-corrected chi connectivity index (χ3v) is 7.20. The number of amides is 2. The maximum Gasteiger partial charge on any atom is 0.247 e. The lowest BCUT2D eigenvalue weighted by atomic mass is 9.77. The molecule has 0 saturated heterocycles. The molecule has 1 saturated carbocycles. The van der Waals surface area contributed by atoms with Gasteiger partial charge in [-0.1, -0.05) is 19.8 Å². The van der Waals surface area contributed by atoms with Crippen LogP contribution in [-0.2, 0) is 9.59 Å². The Bertz CT molecular complexity index is 1000. The molecule has 1 aliphatic heterocycles. The Labute approximate surface area is 205 Å². The largest absolute Gasteiger partial charge is 0.493 e. The first-order valence-electron chi connectivity index (χ1n) is 12.4. The average molecular weight is 487 g/mol. The molecule has 0 spiro atoms. The molecule has 0 radical (unpaired) electrons. The minimum atomic E-state index is -1.09. The Morgan fingerprint density at radius 3 is 2.66 bits per heavy atom. The number of carbonyl (C=O) groups excluding carboxylic acids is 3. The molecule has 0 aromatic heterocycles. The monoisotopic (exact) mass is 486 g/mol. The van der Waals surface area contributed by atoms with Crippen molar-refractivity contribution in [3.05, 3.63) is 34.9 Å². The van der Waals surface area contributed by atoms with E-state index in [0.29, 0.717) is 47.3 Å². The average Bonchev–Trinajstić information content (AvgIpc) is 3.52. The van der Waals surface area contributed by atoms with Crippen LogP contribution in [-0.4, -0.2) is 77.8 Å². The topological polar surface area (TPSA) is 125 Å². The fourth-order valence-electron chi connectivity index (χ4n) is 5.67. The number of nitrogens with zero attached hydrogens (tertiary/aromatic N) is 1. The second kappa shape index (κ2) is 10.8. The van der Waals surface area contributed by atoms with Crippen molar-refractivity contribution in [2.75, 3.05) is 20.3 Å². The lowest BCUT2D eigenvalue weighted by Gasteiger charge is -2.43. The summed E-state index contributed by atoms with van der Waals surface area (Å²) in [5, 5.41) is 23.5. The van der Waals surface area contributed by atoms with Crippen molar-refractivity contribution >= 4 is 18.1 Å². The maximum atomic E-state index is 13.3. The SMILES string of the molecule is CCCC(=O)N(C1CCCC1)C1C=C(C(=O)NCCO)C2c3cc(C=O)cc(OC)c3OC2C1O. The molecule has 9 heteroatoms. The molecule has 1 aromatic rings. The number of benzene rings is 1. The second-order valence-corrected chi connectivity index (χ2v) is 9.39. The Balaban J connectivity index is 1.82. The molecule has 1 fully saturated rings. The first-order valence-corrected chi connectivity index (χ1v) is 12.4. The summed E-state index contributed by atoms with van der Waals surface area (Å²) >= 11 is 0. The van der Waals surface area contributed by atoms with Crippen LogP contribution in [0.4, 0.5) is 0 Å². The molecule has 4 rings (SSSR count). The third kappa shape index (κ3) is 4.67. The van der Waals surface area contributed by atoms with Crippen molar-refractivity contribution in [3.8, 4) is 11.5 Å². The minimum Gasteiger partial charge on any atom is -0.493 e. The summed E-state index contributed by atoms with van der Waals surface area (Å²) in [6.45, 7) is 1.78. The fraction of sp³-hybridized carbons (Fsp3) is 0.577. The summed E-state index contributed by atoms with van der Waals surface area (Å²) in [5.74, 6) is -0.402. The number of ether oxygens (including phenoxy) is 2. The molecule has 4 atom stereocenters. The molecule has 3 N–H and O–H groups in total. The van der Waals surface area contributed by atoms with Crippen LogP contribution in [0.1, 0.15) is 67.3 Å². The van der Waals surface area contributed by atoms with E-state index >= 15 is 0 Å². The molecule has 4 unspecified atom stereocenters. The number of hydrogen-bond acceptors (Lipinski definition) is 7. The zero-order valence-corrected chi connectivity index (χ0v) is 20.2. The summed E-state index contributed by atoms with van der Waals surface area (Å²) < 4.78 is 11.7. The predicted molar refractivity (Wildman–Crippen MR) is 128 cm³/mol. The molecule has 2 aliphatic carbocycles. The van der Waals surface area contributed by atoms with E-state index in [1.165, 1.54) is 7.11 Å². The number of aldehydes is 1. The van der Waals surface area contributed by atoms with E-state index in [1.807, 2.05) is 6.92 Å². The third-order valence-electron chi connectivity index (χ3n) is 7.20. The number of aliphatic hydroxyl groups excluding tert-OH is 2. The lowest BCUT2D eigenvalue weighted by Crippen LogP contribution is -2.58. The van der Waals surface area contributed by atoms with Gasteiger partial charge in [-0.2, -0.15) is 0 Å². The van der Waals surface area contributed by atoms with Crippen molar-refractivity contribution in [1.82, 2.24) is 10.2 Å². The summed E-state index contributed by atoms with van der Waals surface area (Å²) in [7, 11) is 1.46. The van der Waals surface area contributed by atoms with E-state index in [4.69, 9.17) is 9.47 Å². The Hall–Kier alpha value is -2.91. The number of nitrogens with one attached hydrogen (secondary N) is 1. The summed E-state index contributed by atoms with van der Waals surface area (Å²) in [4.78, 5) is 39.9. The highest BCUT2D eigenvalue weighted by Crippen LogP contribution is 2.51. The molecule has 2 amide bonds. The maximum absolute atomic E-state index is 13.3. The summed E-state index contributed by atoms with van der Waals surface area (Å²) in [5.41, 5.74) is 1.28. The van der Waals surface area contributed by atoms with Crippen LogP contribution in [0.3, 0.4) is 0 Å². The quantitative estimate of drug-likeness (QED) is 0.454. The molecule has 190 valence electrons. The van der Waals surface area contributed by atoms with E-state index < -0.39 is 30.1 Å². The number of aliphatic hydroxyl groups is 2. The number of fused-ring (bicyclic) bond motifs is 3. The first kappa shape index (κ1) is 25.2. The Morgan fingerprint density at radius 1 is 1.29 bits per heavy atom.